The molecule has 1 aromatic heterocycles. The fourth-order valence-electron chi connectivity index (χ4n) is 2.24. The van der Waals surface area contributed by atoms with Crippen molar-refractivity contribution in [2.24, 2.45) is 5.84 Å². The van der Waals surface area contributed by atoms with Crippen LogP contribution in [0, 0.1) is 6.92 Å². The van der Waals surface area contributed by atoms with E-state index >= 15 is 0 Å². The molecule has 0 saturated heterocycles. The zero-order chi connectivity index (χ0) is 13.2. The maximum Gasteiger partial charge on any atom is 0.0798 e. The molecule has 0 bridgehead atoms. The van der Waals surface area contributed by atoms with E-state index in [4.69, 9.17) is 5.84 Å². The standard InChI is InChI=1S/C14H27N3S/c1-3-4-5-6-7-8-9-10-13(17-15)14-12(2)16-11-18-14/h11,13,17H,3-10,15H2,1-2H3. The molecule has 0 aromatic carbocycles. The van der Waals surface area contributed by atoms with Gasteiger partial charge in [-0.25, -0.2) is 4.98 Å². The van der Waals surface area contributed by atoms with Crippen LogP contribution in [-0.4, -0.2) is 4.98 Å². The van der Waals surface area contributed by atoms with Gasteiger partial charge >= 0.3 is 0 Å². The highest BCUT2D eigenvalue weighted by molar-refractivity contribution is 7.09. The second kappa shape index (κ2) is 9.48. The topological polar surface area (TPSA) is 50.9 Å². The molecule has 1 unspecified atom stereocenters. The number of nitrogens with two attached hydrogens (primary N) is 1. The van der Waals surface area contributed by atoms with Gasteiger partial charge in [0.05, 0.1) is 17.2 Å². The normalized spacial score (nSPS) is 12.8. The summed E-state index contributed by atoms with van der Waals surface area (Å²) in [5, 5.41) is 0. The Labute approximate surface area is 115 Å². The number of aromatic nitrogens is 1. The Kier molecular flexibility index (Phi) is 8.22. The van der Waals surface area contributed by atoms with E-state index in [2.05, 4.69) is 24.3 Å². The Bertz CT molecular complexity index is 312. The predicted octanol–water partition coefficient (Wildman–Crippen LogP) is 4.10. The van der Waals surface area contributed by atoms with Gasteiger partial charge in [0.1, 0.15) is 0 Å². The predicted molar refractivity (Wildman–Crippen MR) is 79.5 cm³/mol. The van der Waals surface area contributed by atoms with Crippen molar-refractivity contribution in [1.82, 2.24) is 10.4 Å². The van der Waals surface area contributed by atoms with Gasteiger partial charge in [-0.2, -0.15) is 0 Å². The molecule has 1 aromatic rings. The highest BCUT2D eigenvalue weighted by Gasteiger charge is 2.13. The van der Waals surface area contributed by atoms with Crippen LogP contribution < -0.4 is 11.3 Å². The lowest BCUT2D eigenvalue weighted by Crippen LogP contribution is -2.27. The van der Waals surface area contributed by atoms with Gasteiger partial charge in [-0.3, -0.25) is 11.3 Å². The number of nitrogens with one attached hydrogen (secondary N) is 1. The van der Waals surface area contributed by atoms with Gasteiger partial charge in [0, 0.05) is 4.88 Å². The molecular formula is C14H27N3S. The molecule has 0 aliphatic rings. The molecule has 0 fully saturated rings. The molecule has 1 heterocycles. The van der Waals surface area contributed by atoms with Gasteiger partial charge in [-0.1, -0.05) is 51.9 Å². The molecule has 0 aliphatic carbocycles. The molecule has 0 amide bonds. The molecule has 1 atom stereocenters. The number of rotatable bonds is 10. The third-order valence-corrected chi connectivity index (χ3v) is 4.44. The lowest BCUT2D eigenvalue weighted by molar-refractivity contribution is 0.479. The Morgan fingerprint density at radius 3 is 2.44 bits per heavy atom. The summed E-state index contributed by atoms with van der Waals surface area (Å²) >= 11 is 1.70. The largest absolute Gasteiger partial charge is 0.271 e. The van der Waals surface area contributed by atoms with Gasteiger partial charge in [0.15, 0.2) is 0 Å². The smallest absolute Gasteiger partial charge is 0.0798 e. The summed E-state index contributed by atoms with van der Waals surface area (Å²) in [6, 6.07) is 0.285. The lowest BCUT2D eigenvalue weighted by Gasteiger charge is -2.14. The van der Waals surface area contributed by atoms with Crippen LogP contribution in [0.2, 0.25) is 0 Å². The molecule has 0 radical (unpaired) electrons. The Morgan fingerprint density at radius 1 is 1.22 bits per heavy atom. The van der Waals surface area contributed by atoms with Crippen molar-refractivity contribution >= 4 is 11.3 Å². The molecule has 104 valence electrons. The zero-order valence-corrected chi connectivity index (χ0v) is 12.6. The van der Waals surface area contributed by atoms with E-state index in [0.29, 0.717) is 0 Å². The Hall–Kier alpha value is -0.450. The lowest BCUT2D eigenvalue weighted by atomic mass is 10.0. The second-order valence-electron chi connectivity index (χ2n) is 4.93. The molecule has 0 aliphatic heterocycles. The third kappa shape index (κ3) is 5.46. The van der Waals surface area contributed by atoms with Crippen LogP contribution in [0.4, 0.5) is 0 Å². The van der Waals surface area contributed by atoms with Crippen LogP contribution in [0.25, 0.3) is 0 Å². The van der Waals surface area contributed by atoms with E-state index in [0.717, 1.165) is 12.1 Å². The molecule has 18 heavy (non-hydrogen) atoms. The molecule has 3 nitrogen and oxygen atoms in total. The number of hydrogen-bond donors (Lipinski definition) is 2. The summed E-state index contributed by atoms with van der Waals surface area (Å²) in [6.45, 7) is 4.32. The van der Waals surface area contributed by atoms with E-state index in [-0.39, 0.29) is 6.04 Å². The van der Waals surface area contributed by atoms with Gasteiger partial charge in [0.25, 0.3) is 0 Å². The van der Waals surface area contributed by atoms with Crippen LogP contribution in [0.1, 0.15) is 74.9 Å². The summed E-state index contributed by atoms with van der Waals surface area (Å²) in [4.78, 5) is 5.58. The summed E-state index contributed by atoms with van der Waals surface area (Å²) in [6.07, 6.45) is 10.5. The van der Waals surface area contributed by atoms with Crippen LogP contribution in [-0.2, 0) is 0 Å². The van der Waals surface area contributed by atoms with Crippen molar-refractivity contribution in [3.8, 4) is 0 Å². The van der Waals surface area contributed by atoms with Crippen molar-refractivity contribution in [2.45, 2.75) is 71.3 Å². The number of aryl methyl sites for hydroxylation is 1. The molecule has 0 spiro atoms. The van der Waals surface area contributed by atoms with Crippen LogP contribution in [0.5, 0.6) is 0 Å². The number of nitrogens with zero attached hydrogens (tertiary/aromatic N) is 1. The van der Waals surface area contributed by atoms with Crippen molar-refractivity contribution in [3.05, 3.63) is 16.1 Å². The monoisotopic (exact) mass is 269 g/mol. The minimum atomic E-state index is 0.285. The van der Waals surface area contributed by atoms with E-state index in [1.54, 1.807) is 11.3 Å². The Morgan fingerprint density at radius 2 is 1.89 bits per heavy atom. The average Bonchev–Trinajstić information content (AvgIpc) is 2.79. The van der Waals surface area contributed by atoms with Crippen LogP contribution in [0.3, 0.4) is 0 Å². The molecular weight excluding hydrogens is 242 g/mol. The highest BCUT2D eigenvalue weighted by Crippen LogP contribution is 2.25. The molecule has 4 heteroatoms. The summed E-state index contributed by atoms with van der Waals surface area (Å²) < 4.78 is 0. The van der Waals surface area contributed by atoms with Crippen molar-refractivity contribution in [3.63, 3.8) is 0 Å². The fourth-order valence-corrected chi connectivity index (χ4v) is 3.14. The van der Waals surface area contributed by atoms with E-state index < -0.39 is 0 Å². The Balaban J connectivity index is 2.15. The highest BCUT2D eigenvalue weighted by atomic mass is 32.1. The van der Waals surface area contributed by atoms with Gasteiger partial charge < -0.3 is 0 Å². The van der Waals surface area contributed by atoms with Crippen molar-refractivity contribution in [2.75, 3.05) is 0 Å². The molecule has 0 saturated carbocycles. The van der Waals surface area contributed by atoms with Crippen LogP contribution >= 0.6 is 11.3 Å². The first-order valence-corrected chi connectivity index (χ1v) is 8.03. The van der Waals surface area contributed by atoms with E-state index in [9.17, 15) is 0 Å². The molecule has 3 N–H and O–H groups in total. The van der Waals surface area contributed by atoms with E-state index in [1.165, 1.54) is 49.8 Å². The van der Waals surface area contributed by atoms with Gasteiger partial charge in [0.2, 0.25) is 0 Å². The van der Waals surface area contributed by atoms with Crippen molar-refractivity contribution < 1.29 is 0 Å². The van der Waals surface area contributed by atoms with Gasteiger partial charge in [-0.15, -0.1) is 11.3 Å². The summed E-state index contributed by atoms with van der Waals surface area (Å²) in [5.41, 5.74) is 5.95. The summed E-state index contributed by atoms with van der Waals surface area (Å²) in [5.74, 6) is 5.64. The van der Waals surface area contributed by atoms with Gasteiger partial charge in [-0.05, 0) is 13.3 Å². The first kappa shape index (κ1) is 15.6. The zero-order valence-electron chi connectivity index (χ0n) is 11.7. The minimum absolute atomic E-state index is 0.285. The van der Waals surface area contributed by atoms with E-state index in [1.807, 2.05) is 5.51 Å². The quantitative estimate of drug-likeness (QED) is 0.382. The number of unbranched alkanes of at least 4 members (excludes halogenated alkanes) is 6. The average molecular weight is 269 g/mol. The number of hydrogen-bond acceptors (Lipinski definition) is 4. The minimum Gasteiger partial charge on any atom is -0.271 e. The SMILES string of the molecule is CCCCCCCCCC(NN)c1scnc1C. The first-order chi connectivity index (χ1) is 8.79. The number of thiazole rings is 1. The first-order valence-electron chi connectivity index (χ1n) is 7.15. The molecule has 1 rings (SSSR count). The van der Waals surface area contributed by atoms with Crippen molar-refractivity contribution in [1.29, 1.82) is 0 Å². The third-order valence-electron chi connectivity index (χ3n) is 3.40. The summed E-state index contributed by atoms with van der Waals surface area (Å²) in [7, 11) is 0. The maximum absolute atomic E-state index is 5.64. The maximum atomic E-state index is 5.64. The fraction of sp³-hybridized carbons (Fsp3) is 0.786. The van der Waals surface area contributed by atoms with Crippen LogP contribution in [0.15, 0.2) is 5.51 Å². The number of hydrazine groups is 1. The second-order valence-corrected chi connectivity index (χ2v) is 5.82.